The van der Waals surface area contributed by atoms with Gasteiger partial charge < -0.3 is 5.32 Å². The van der Waals surface area contributed by atoms with E-state index in [1.807, 2.05) is 45.0 Å². The molecule has 1 atom stereocenters. The summed E-state index contributed by atoms with van der Waals surface area (Å²) in [7, 11) is 0. The molecule has 7 heteroatoms. The van der Waals surface area contributed by atoms with E-state index < -0.39 is 6.04 Å². The third kappa shape index (κ3) is 3.91. The fraction of sp³-hybridized carbons (Fsp3) is 0.467. The lowest BCUT2D eigenvalue weighted by Gasteiger charge is -2.26. The molecular formula is C15H20BrN5O. The Morgan fingerprint density at radius 2 is 2.00 bits per heavy atom. The highest BCUT2D eigenvalue weighted by molar-refractivity contribution is 9.10. The van der Waals surface area contributed by atoms with Gasteiger partial charge >= 0.3 is 0 Å². The van der Waals surface area contributed by atoms with Gasteiger partial charge in [0.05, 0.1) is 0 Å². The summed E-state index contributed by atoms with van der Waals surface area (Å²) < 4.78 is 0.984. The number of aromatic nitrogens is 4. The molecule has 1 amide bonds. The normalized spacial score (nSPS) is 13.0. The summed E-state index contributed by atoms with van der Waals surface area (Å²) in [6.07, 6.45) is 0.848. The lowest BCUT2D eigenvalue weighted by Crippen LogP contribution is -2.45. The van der Waals surface area contributed by atoms with Crippen molar-refractivity contribution in [1.29, 1.82) is 0 Å². The van der Waals surface area contributed by atoms with Crippen LogP contribution in [0.3, 0.4) is 0 Å². The molecule has 2 aromatic rings. The van der Waals surface area contributed by atoms with E-state index in [0.29, 0.717) is 5.82 Å². The van der Waals surface area contributed by atoms with Crippen LogP contribution in [-0.2, 0) is 4.79 Å². The average molecular weight is 366 g/mol. The van der Waals surface area contributed by atoms with Gasteiger partial charge in [-0.15, -0.1) is 10.2 Å². The van der Waals surface area contributed by atoms with Gasteiger partial charge in [0, 0.05) is 15.6 Å². The van der Waals surface area contributed by atoms with Crippen LogP contribution < -0.4 is 5.32 Å². The first kappa shape index (κ1) is 16.6. The molecule has 0 spiro atoms. The molecule has 22 heavy (non-hydrogen) atoms. The highest BCUT2D eigenvalue weighted by Crippen LogP contribution is 2.18. The number of hydrogen-bond donors (Lipinski definition) is 1. The molecule has 0 saturated heterocycles. The molecule has 1 aromatic heterocycles. The van der Waals surface area contributed by atoms with E-state index in [4.69, 9.17) is 0 Å². The Kier molecular flexibility index (Phi) is 4.95. The molecule has 2 rings (SSSR count). The van der Waals surface area contributed by atoms with Crippen molar-refractivity contribution in [2.24, 2.45) is 0 Å². The fourth-order valence-corrected chi connectivity index (χ4v) is 2.00. The summed E-state index contributed by atoms with van der Waals surface area (Å²) in [4.78, 5) is 13.6. The molecule has 1 heterocycles. The molecule has 1 unspecified atom stereocenters. The number of rotatable bonds is 5. The lowest BCUT2D eigenvalue weighted by atomic mass is 10.0. The molecule has 0 aliphatic carbocycles. The van der Waals surface area contributed by atoms with Crippen molar-refractivity contribution in [3.8, 4) is 11.4 Å². The maximum absolute atomic E-state index is 12.3. The Labute approximate surface area is 138 Å². The number of amides is 1. The van der Waals surface area contributed by atoms with Crippen LogP contribution in [0.4, 0.5) is 0 Å². The number of halogens is 1. The first-order valence-electron chi connectivity index (χ1n) is 7.20. The van der Waals surface area contributed by atoms with Crippen molar-refractivity contribution in [3.05, 3.63) is 28.7 Å². The number of carbonyl (C=O) groups is 1. The average Bonchev–Trinajstić information content (AvgIpc) is 2.96. The Morgan fingerprint density at radius 1 is 1.36 bits per heavy atom. The second-order valence-electron chi connectivity index (χ2n) is 5.84. The van der Waals surface area contributed by atoms with Crippen LogP contribution >= 0.6 is 15.9 Å². The molecule has 0 radical (unpaired) electrons. The summed E-state index contributed by atoms with van der Waals surface area (Å²) in [5, 5.41) is 15.3. The zero-order valence-electron chi connectivity index (χ0n) is 13.2. The molecule has 0 bridgehead atoms. The number of nitrogens with one attached hydrogen (secondary N) is 1. The number of hydrogen-bond acceptors (Lipinski definition) is 4. The lowest BCUT2D eigenvalue weighted by molar-refractivity contribution is -0.126. The molecule has 118 valence electrons. The number of benzene rings is 1. The molecular weight excluding hydrogens is 346 g/mol. The standard InChI is InChI=1S/C15H20BrN5O/c1-5-15(3,4)17-14(22)10(2)21-19-13(18-20-21)11-6-8-12(16)9-7-11/h6-10H,5H2,1-4H3,(H,17,22). The summed E-state index contributed by atoms with van der Waals surface area (Å²) in [5.74, 6) is 0.383. The van der Waals surface area contributed by atoms with E-state index in [1.165, 1.54) is 4.80 Å². The van der Waals surface area contributed by atoms with Crippen molar-refractivity contribution in [3.63, 3.8) is 0 Å². The minimum absolute atomic E-state index is 0.119. The van der Waals surface area contributed by atoms with Crippen molar-refractivity contribution in [2.75, 3.05) is 0 Å². The van der Waals surface area contributed by atoms with E-state index in [9.17, 15) is 4.79 Å². The quantitative estimate of drug-likeness (QED) is 0.883. The molecule has 1 N–H and O–H groups in total. The third-order valence-corrected chi connectivity index (χ3v) is 4.13. The van der Waals surface area contributed by atoms with Crippen molar-refractivity contribution in [1.82, 2.24) is 25.5 Å². The van der Waals surface area contributed by atoms with E-state index in [1.54, 1.807) is 6.92 Å². The van der Waals surface area contributed by atoms with E-state index in [-0.39, 0.29) is 11.4 Å². The van der Waals surface area contributed by atoms with E-state index >= 15 is 0 Å². The number of tetrazole rings is 1. The number of nitrogens with zero attached hydrogens (tertiary/aromatic N) is 4. The summed E-state index contributed by atoms with van der Waals surface area (Å²) in [6, 6.07) is 7.11. The molecule has 0 aliphatic rings. The van der Waals surface area contributed by atoms with Crippen LogP contribution in [0, 0.1) is 0 Å². The second-order valence-corrected chi connectivity index (χ2v) is 6.76. The minimum Gasteiger partial charge on any atom is -0.349 e. The summed E-state index contributed by atoms with van der Waals surface area (Å²) in [5.41, 5.74) is 0.608. The smallest absolute Gasteiger partial charge is 0.246 e. The van der Waals surface area contributed by atoms with Gasteiger partial charge in [-0.1, -0.05) is 22.9 Å². The SMILES string of the molecule is CCC(C)(C)NC(=O)C(C)n1nnc(-c2ccc(Br)cc2)n1. The highest BCUT2D eigenvalue weighted by atomic mass is 79.9. The van der Waals surface area contributed by atoms with Gasteiger partial charge in [0.1, 0.15) is 6.04 Å². The van der Waals surface area contributed by atoms with Gasteiger partial charge in [0.15, 0.2) is 0 Å². The van der Waals surface area contributed by atoms with Gasteiger partial charge in [-0.2, -0.15) is 4.80 Å². The maximum atomic E-state index is 12.3. The molecule has 0 saturated carbocycles. The topological polar surface area (TPSA) is 72.7 Å². The zero-order chi connectivity index (χ0) is 16.3. The van der Waals surface area contributed by atoms with Gasteiger partial charge in [0.2, 0.25) is 11.7 Å². The van der Waals surface area contributed by atoms with Crippen LogP contribution in [0.25, 0.3) is 11.4 Å². The fourth-order valence-electron chi connectivity index (χ4n) is 1.73. The minimum atomic E-state index is -0.512. The van der Waals surface area contributed by atoms with E-state index in [0.717, 1.165) is 16.5 Å². The van der Waals surface area contributed by atoms with Crippen molar-refractivity contribution in [2.45, 2.75) is 45.7 Å². The van der Waals surface area contributed by atoms with Crippen LogP contribution in [0.2, 0.25) is 0 Å². The van der Waals surface area contributed by atoms with Crippen LogP contribution in [0.5, 0.6) is 0 Å². The molecule has 1 aromatic carbocycles. The van der Waals surface area contributed by atoms with Gasteiger partial charge in [-0.25, -0.2) is 0 Å². The predicted molar refractivity (Wildman–Crippen MR) is 88.2 cm³/mol. The molecule has 6 nitrogen and oxygen atoms in total. The Morgan fingerprint density at radius 3 is 2.59 bits per heavy atom. The first-order valence-corrected chi connectivity index (χ1v) is 7.99. The number of carbonyl (C=O) groups excluding carboxylic acids is 1. The monoisotopic (exact) mass is 365 g/mol. The van der Waals surface area contributed by atoms with Gasteiger partial charge in [0.25, 0.3) is 0 Å². The van der Waals surface area contributed by atoms with Crippen molar-refractivity contribution < 1.29 is 4.79 Å². The predicted octanol–water partition coefficient (Wildman–Crippen LogP) is 2.97. The Balaban J connectivity index is 2.13. The summed E-state index contributed by atoms with van der Waals surface area (Å²) >= 11 is 3.39. The summed E-state index contributed by atoms with van der Waals surface area (Å²) in [6.45, 7) is 7.76. The zero-order valence-corrected chi connectivity index (χ0v) is 14.8. The van der Waals surface area contributed by atoms with Crippen LogP contribution in [-0.4, -0.2) is 31.7 Å². The Hall–Kier alpha value is -1.76. The Bertz CT molecular complexity index is 650. The molecule has 0 fully saturated rings. The van der Waals surface area contributed by atoms with Gasteiger partial charge in [-0.05, 0) is 56.7 Å². The second kappa shape index (κ2) is 6.56. The maximum Gasteiger partial charge on any atom is 0.246 e. The largest absolute Gasteiger partial charge is 0.349 e. The van der Waals surface area contributed by atoms with Gasteiger partial charge in [-0.3, -0.25) is 4.79 Å². The first-order chi connectivity index (χ1) is 10.3. The van der Waals surface area contributed by atoms with E-state index in [2.05, 4.69) is 36.7 Å². The van der Waals surface area contributed by atoms with Crippen LogP contribution in [0.15, 0.2) is 28.7 Å². The van der Waals surface area contributed by atoms with Crippen LogP contribution in [0.1, 0.15) is 40.2 Å². The third-order valence-electron chi connectivity index (χ3n) is 3.60. The van der Waals surface area contributed by atoms with Crippen molar-refractivity contribution >= 4 is 21.8 Å². The molecule has 0 aliphatic heterocycles. The highest BCUT2D eigenvalue weighted by Gasteiger charge is 2.24.